The summed E-state index contributed by atoms with van der Waals surface area (Å²) in [7, 11) is 0. The second-order valence-corrected chi connectivity index (χ2v) is 8.40. The lowest BCUT2D eigenvalue weighted by molar-refractivity contribution is -0.129. The van der Waals surface area contributed by atoms with Gasteiger partial charge in [-0.1, -0.05) is 19.8 Å². The van der Waals surface area contributed by atoms with Crippen LogP contribution >= 0.6 is 11.3 Å². The number of thiophene rings is 1. The Hall–Kier alpha value is -2.87. The predicted octanol–water partition coefficient (Wildman–Crippen LogP) is 3.57. The van der Waals surface area contributed by atoms with Crippen molar-refractivity contribution in [1.29, 1.82) is 0 Å². The van der Waals surface area contributed by atoms with Crippen LogP contribution in [0.5, 0.6) is 5.75 Å². The van der Waals surface area contributed by atoms with Gasteiger partial charge in [-0.15, -0.1) is 11.3 Å². The number of primary amides is 1. The molecule has 3 N–H and O–H groups in total. The second kappa shape index (κ2) is 9.75. The molecule has 0 unspecified atom stereocenters. The molecule has 0 fully saturated rings. The van der Waals surface area contributed by atoms with Gasteiger partial charge in [0, 0.05) is 23.9 Å². The standard InChI is InChI=1S/C22H27N3O4S/c1-3-4-5-12-29-16-8-6-15(7-9-16)21(28)24-22-19(20(23)27)17-10-11-25(14(2)26)13-18(17)30-22/h6-9H,3-5,10-13H2,1-2H3,(H2,23,27)(H,24,28). The van der Waals surface area contributed by atoms with Gasteiger partial charge < -0.3 is 20.7 Å². The number of nitrogens with zero attached hydrogens (tertiary/aromatic N) is 1. The van der Waals surface area contributed by atoms with E-state index in [1.54, 1.807) is 29.2 Å². The van der Waals surface area contributed by atoms with Gasteiger partial charge in [0.1, 0.15) is 10.8 Å². The quantitative estimate of drug-likeness (QED) is 0.626. The van der Waals surface area contributed by atoms with Crippen molar-refractivity contribution in [3.63, 3.8) is 0 Å². The normalized spacial score (nSPS) is 12.9. The van der Waals surface area contributed by atoms with E-state index < -0.39 is 5.91 Å². The fraction of sp³-hybridized carbons (Fsp3) is 0.409. The zero-order valence-corrected chi connectivity index (χ0v) is 18.1. The van der Waals surface area contributed by atoms with Crippen LogP contribution in [0.4, 0.5) is 5.00 Å². The third-order valence-corrected chi connectivity index (χ3v) is 6.24. The Bertz CT molecular complexity index is 937. The lowest BCUT2D eigenvalue weighted by atomic mass is 10.0. The molecule has 1 aliphatic rings. The highest BCUT2D eigenvalue weighted by molar-refractivity contribution is 7.17. The van der Waals surface area contributed by atoms with E-state index in [1.165, 1.54) is 18.3 Å². The summed E-state index contributed by atoms with van der Waals surface area (Å²) in [5.41, 5.74) is 7.24. The van der Waals surface area contributed by atoms with Crippen LogP contribution < -0.4 is 15.8 Å². The first-order chi connectivity index (χ1) is 14.4. The molecule has 0 saturated heterocycles. The fourth-order valence-corrected chi connectivity index (χ4v) is 4.70. The van der Waals surface area contributed by atoms with Crippen LogP contribution in [0.3, 0.4) is 0 Å². The van der Waals surface area contributed by atoms with E-state index in [4.69, 9.17) is 10.5 Å². The number of benzene rings is 1. The molecule has 0 aliphatic carbocycles. The first kappa shape index (κ1) is 21.8. The number of fused-ring (bicyclic) bond motifs is 1. The summed E-state index contributed by atoms with van der Waals surface area (Å²) in [4.78, 5) is 39.1. The Kier molecular flexibility index (Phi) is 7.10. The molecule has 30 heavy (non-hydrogen) atoms. The first-order valence-corrected chi connectivity index (χ1v) is 11.0. The Morgan fingerprint density at radius 2 is 1.93 bits per heavy atom. The van der Waals surface area contributed by atoms with Gasteiger partial charge in [0.2, 0.25) is 5.91 Å². The van der Waals surface area contributed by atoms with E-state index in [0.29, 0.717) is 42.2 Å². The highest BCUT2D eigenvalue weighted by Crippen LogP contribution is 2.37. The van der Waals surface area contributed by atoms with Crippen molar-refractivity contribution in [1.82, 2.24) is 4.90 Å². The van der Waals surface area contributed by atoms with Crippen LogP contribution in [-0.2, 0) is 17.8 Å². The largest absolute Gasteiger partial charge is 0.494 e. The van der Waals surface area contributed by atoms with Gasteiger partial charge in [-0.05, 0) is 42.7 Å². The molecular weight excluding hydrogens is 402 g/mol. The van der Waals surface area contributed by atoms with Crippen molar-refractivity contribution >= 4 is 34.1 Å². The number of nitrogens with two attached hydrogens (primary N) is 1. The topological polar surface area (TPSA) is 102 Å². The molecule has 3 amide bonds. The minimum Gasteiger partial charge on any atom is -0.494 e. The van der Waals surface area contributed by atoms with Crippen molar-refractivity contribution in [2.24, 2.45) is 5.73 Å². The monoisotopic (exact) mass is 429 g/mol. The molecule has 7 nitrogen and oxygen atoms in total. The number of rotatable bonds is 8. The van der Waals surface area contributed by atoms with E-state index >= 15 is 0 Å². The second-order valence-electron chi connectivity index (χ2n) is 7.30. The smallest absolute Gasteiger partial charge is 0.256 e. The number of amides is 3. The van der Waals surface area contributed by atoms with E-state index in [1.807, 2.05) is 0 Å². The molecule has 160 valence electrons. The Balaban J connectivity index is 1.72. The number of hydrogen-bond acceptors (Lipinski definition) is 5. The van der Waals surface area contributed by atoms with Crippen molar-refractivity contribution in [3.05, 3.63) is 45.8 Å². The van der Waals surface area contributed by atoms with Crippen molar-refractivity contribution < 1.29 is 19.1 Å². The van der Waals surface area contributed by atoms with Crippen LogP contribution in [-0.4, -0.2) is 35.8 Å². The lowest BCUT2D eigenvalue weighted by Crippen LogP contribution is -2.34. The molecule has 3 rings (SSSR count). The molecule has 0 radical (unpaired) electrons. The minimum atomic E-state index is -0.574. The zero-order chi connectivity index (χ0) is 21.7. The van der Waals surface area contributed by atoms with Gasteiger partial charge in [0.25, 0.3) is 11.8 Å². The van der Waals surface area contributed by atoms with Crippen LogP contribution in [0.2, 0.25) is 0 Å². The van der Waals surface area contributed by atoms with Gasteiger partial charge in [-0.25, -0.2) is 0 Å². The number of ether oxygens (including phenoxy) is 1. The van der Waals surface area contributed by atoms with Crippen LogP contribution in [0.1, 0.15) is 64.3 Å². The van der Waals surface area contributed by atoms with Crippen molar-refractivity contribution in [3.8, 4) is 5.75 Å². The number of carbonyl (C=O) groups excluding carboxylic acids is 3. The number of carbonyl (C=O) groups is 3. The van der Waals surface area contributed by atoms with E-state index in [9.17, 15) is 14.4 Å². The molecule has 0 atom stereocenters. The summed E-state index contributed by atoms with van der Waals surface area (Å²) in [5, 5.41) is 3.26. The summed E-state index contributed by atoms with van der Waals surface area (Å²) >= 11 is 1.30. The van der Waals surface area contributed by atoms with Gasteiger partial charge in [-0.2, -0.15) is 0 Å². The van der Waals surface area contributed by atoms with Gasteiger partial charge in [0.05, 0.1) is 18.7 Å². The number of nitrogens with one attached hydrogen (secondary N) is 1. The molecule has 2 aromatic rings. The summed E-state index contributed by atoms with van der Waals surface area (Å²) in [5.74, 6) is -0.194. The molecule has 1 aromatic heterocycles. The first-order valence-electron chi connectivity index (χ1n) is 10.1. The maximum Gasteiger partial charge on any atom is 0.256 e. The highest BCUT2D eigenvalue weighted by atomic mass is 32.1. The van der Waals surface area contributed by atoms with Crippen LogP contribution in [0.15, 0.2) is 24.3 Å². The third kappa shape index (κ3) is 4.99. The third-order valence-electron chi connectivity index (χ3n) is 5.11. The molecule has 0 saturated carbocycles. The lowest BCUT2D eigenvalue weighted by Gasteiger charge is -2.25. The highest BCUT2D eigenvalue weighted by Gasteiger charge is 2.28. The molecule has 0 bridgehead atoms. The van der Waals surface area contributed by atoms with E-state index in [0.717, 1.165) is 35.5 Å². The maximum atomic E-state index is 12.7. The van der Waals surface area contributed by atoms with Gasteiger partial charge in [0.15, 0.2) is 0 Å². The average molecular weight is 430 g/mol. The van der Waals surface area contributed by atoms with Crippen molar-refractivity contribution in [2.45, 2.75) is 46.1 Å². The van der Waals surface area contributed by atoms with Crippen molar-refractivity contribution in [2.75, 3.05) is 18.5 Å². The van der Waals surface area contributed by atoms with Gasteiger partial charge >= 0.3 is 0 Å². The maximum absolute atomic E-state index is 12.7. The number of anilines is 1. The predicted molar refractivity (Wildman–Crippen MR) is 117 cm³/mol. The SMILES string of the molecule is CCCCCOc1ccc(C(=O)Nc2sc3c(c2C(N)=O)CCN(C(C)=O)C3)cc1. The summed E-state index contributed by atoms with van der Waals surface area (Å²) in [6.07, 6.45) is 3.80. The number of unbranched alkanes of at least 4 members (excludes halogenated alkanes) is 2. The molecule has 1 aromatic carbocycles. The molecule has 1 aliphatic heterocycles. The Labute approximate surface area is 180 Å². The van der Waals surface area contributed by atoms with E-state index in [-0.39, 0.29) is 11.8 Å². The Morgan fingerprint density at radius 3 is 2.57 bits per heavy atom. The fourth-order valence-electron chi connectivity index (χ4n) is 3.44. The molecular formula is C22H27N3O4S. The summed E-state index contributed by atoms with van der Waals surface area (Å²) < 4.78 is 5.67. The Morgan fingerprint density at radius 1 is 1.20 bits per heavy atom. The van der Waals surface area contributed by atoms with Crippen LogP contribution in [0, 0.1) is 0 Å². The molecule has 0 spiro atoms. The number of hydrogen-bond donors (Lipinski definition) is 2. The van der Waals surface area contributed by atoms with E-state index in [2.05, 4.69) is 12.2 Å². The van der Waals surface area contributed by atoms with Crippen LogP contribution in [0.25, 0.3) is 0 Å². The van der Waals surface area contributed by atoms with Gasteiger partial charge in [-0.3, -0.25) is 14.4 Å². The summed E-state index contributed by atoms with van der Waals surface area (Å²) in [6, 6.07) is 6.92. The summed E-state index contributed by atoms with van der Waals surface area (Å²) in [6.45, 7) is 5.27. The average Bonchev–Trinajstić information content (AvgIpc) is 3.08. The molecule has 8 heteroatoms. The zero-order valence-electron chi connectivity index (χ0n) is 17.3. The minimum absolute atomic E-state index is 0.0164. The molecule has 2 heterocycles.